The van der Waals surface area contributed by atoms with Crippen LogP contribution in [0.15, 0.2) is 76.1 Å². The molecule has 0 saturated heterocycles. The number of nitrogens with zero attached hydrogens (tertiary/aromatic N) is 2. The van der Waals surface area contributed by atoms with E-state index in [9.17, 15) is 18.0 Å². The number of benzene rings is 3. The molecule has 42 heavy (non-hydrogen) atoms. The van der Waals surface area contributed by atoms with Crippen molar-refractivity contribution in [3.05, 3.63) is 92.9 Å². The molecule has 0 radical (unpaired) electrons. The number of anilines is 1. The highest BCUT2D eigenvalue weighted by Gasteiger charge is 2.34. The second kappa shape index (κ2) is 14.1. The monoisotopic (exact) mass is 673 g/mol. The van der Waals surface area contributed by atoms with Crippen molar-refractivity contribution >= 4 is 55.1 Å². The maximum Gasteiger partial charge on any atom is 0.264 e. The lowest BCUT2D eigenvalue weighted by Gasteiger charge is -2.33. The molecule has 0 heterocycles. The molecule has 0 aromatic heterocycles. The van der Waals surface area contributed by atoms with Crippen LogP contribution in [0.25, 0.3) is 0 Å². The fraction of sp³-hybridized carbons (Fsp3) is 0.375. The molecule has 3 aromatic rings. The van der Waals surface area contributed by atoms with E-state index in [1.54, 1.807) is 44.2 Å². The van der Waals surface area contributed by atoms with Gasteiger partial charge in [0.15, 0.2) is 0 Å². The van der Waals surface area contributed by atoms with Gasteiger partial charge in [-0.25, -0.2) is 8.42 Å². The highest BCUT2D eigenvalue weighted by molar-refractivity contribution is 9.10. The number of hydrogen-bond acceptors (Lipinski definition) is 4. The number of amides is 2. The van der Waals surface area contributed by atoms with Crippen molar-refractivity contribution in [2.75, 3.05) is 10.8 Å². The number of nitrogens with one attached hydrogen (secondary N) is 1. The number of sulfonamides is 1. The molecular weight excluding hydrogens is 638 g/mol. The maximum absolute atomic E-state index is 14.2. The first-order valence-electron chi connectivity index (χ1n) is 14.2. The van der Waals surface area contributed by atoms with Crippen molar-refractivity contribution in [1.82, 2.24) is 10.2 Å². The van der Waals surface area contributed by atoms with Gasteiger partial charge in [-0.15, -0.1) is 0 Å². The largest absolute Gasteiger partial charge is 0.352 e. The van der Waals surface area contributed by atoms with E-state index in [1.807, 2.05) is 31.2 Å². The number of carbonyl (C=O) groups excluding carboxylic acids is 2. The van der Waals surface area contributed by atoms with Crippen molar-refractivity contribution < 1.29 is 18.0 Å². The Kier molecular flexibility index (Phi) is 10.7. The van der Waals surface area contributed by atoms with Crippen LogP contribution in [0.3, 0.4) is 0 Å². The van der Waals surface area contributed by atoms with Crippen LogP contribution in [0.4, 0.5) is 5.69 Å². The highest BCUT2D eigenvalue weighted by atomic mass is 79.9. The van der Waals surface area contributed by atoms with Crippen molar-refractivity contribution in [3.63, 3.8) is 0 Å². The first kappa shape index (κ1) is 32.0. The summed E-state index contributed by atoms with van der Waals surface area (Å²) in [6.45, 7) is 4.96. The average Bonchev–Trinajstić information content (AvgIpc) is 2.96. The summed E-state index contributed by atoms with van der Waals surface area (Å²) in [5, 5.41) is 3.47. The molecule has 10 heteroatoms. The Labute approximate surface area is 262 Å². The van der Waals surface area contributed by atoms with E-state index in [-0.39, 0.29) is 23.4 Å². The van der Waals surface area contributed by atoms with Gasteiger partial charge in [-0.3, -0.25) is 13.9 Å². The minimum atomic E-state index is -4.17. The van der Waals surface area contributed by atoms with Crippen molar-refractivity contribution in [2.24, 2.45) is 0 Å². The lowest BCUT2D eigenvalue weighted by atomic mass is 9.95. The summed E-state index contributed by atoms with van der Waals surface area (Å²) in [6, 6.07) is 18.2. The van der Waals surface area contributed by atoms with Gasteiger partial charge in [0.1, 0.15) is 12.6 Å². The summed E-state index contributed by atoms with van der Waals surface area (Å²) in [4.78, 5) is 29.1. The van der Waals surface area contributed by atoms with Crippen molar-refractivity contribution in [3.8, 4) is 0 Å². The second-order valence-electron chi connectivity index (χ2n) is 10.9. The third-order valence-electron chi connectivity index (χ3n) is 7.69. The number of halogens is 2. The van der Waals surface area contributed by atoms with Gasteiger partial charge < -0.3 is 10.2 Å². The van der Waals surface area contributed by atoms with Gasteiger partial charge in [0.25, 0.3) is 10.0 Å². The number of rotatable bonds is 10. The first-order valence-corrected chi connectivity index (χ1v) is 16.8. The van der Waals surface area contributed by atoms with Gasteiger partial charge in [-0.1, -0.05) is 82.7 Å². The standard InChI is InChI=1S/C32H37BrClN3O4S/c1-22-12-16-29(17-13-22)42(40,41)37(30-19-27(34)15-14-23(30)2)21-31(38)36(20-25-8-7-9-26(33)18-25)24(3)32(39)35-28-10-5-4-6-11-28/h7-9,12-19,24,28H,4-6,10-11,20-21H2,1-3H3,(H,35,39)/t24-/m1/s1. The molecule has 2 amide bonds. The summed E-state index contributed by atoms with van der Waals surface area (Å²) in [5.74, 6) is -0.756. The molecule has 0 spiro atoms. The van der Waals surface area contributed by atoms with Crippen LogP contribution in [0, 0.1) is 13.8 Å². The fourth-order valence-corrected chi connectivity index (χ4v) is 7.27. The van der Waals surface area contributed by atoms with Crippen molar-refractivity contribution in [1.29, 1.82) is 0 Å². The SMILES string of the molecule is Cc1ccc(S(=O)(=O)N(CC(=O)N(Cc2cccc(Br)c2)[C@H](C)C(=O)NC2CCCCC2)c2cc(Cl)ccc2C)cc1. The Morgan fingerprint density at radius 2 is 1.69 bits per heavy atom. The molecule has 3 aromatic carbocycles. The lowest BCUT2D eigenvalue weighted by molar-refractivity contribution is -0.139. The molecule has 1 saturated carbocycles. The molecule has 1 atom stereocenters. The number of hydrogen-bond donors (Lipinski definition) is 1. The van der Waals surface area contributed by atoms with Crippen LogP contribution >= 0.6 is 27.5 Å². The van der Waals surface area contributed by atoms with Gasteiger partial charge in [-0.2, -0.15) is 0 Å². The van der Waals surface area contributed by atoms with Crippen LogP contribution in [-0.2, 0) is 26.2 Å². The van der Waals surface area contributed by atoms with Gasteiger partial charge in [-0.05, 0) is 81.1 Å². The predicted octanol–water partition coefficient (Wildman–Crippen LogP) is 6.78. The normalized spacial score (nSPS) is 14.7. The van der Waals surface area contributed by atoms with E-state index in [4.69, 9.17) is 11.6 Å². The van der Waals surface area contributed by atoms with E-state index in [0.29, 0.717) is 16.3 Å². The topological polar surface area (TPSA) is 86.8 Å². The van der Waals surface area contributed by atoms with E-state index in [0.717, 1.165) is 52.0 Å². The molecular formula is C32H37BrClN3O4S. The minimum absolute atomic E-state index is 0.0573. The van der Waals surface area contributed by atoms with Gasteiger partial charge in [0.2, 0.25) is 11.8 Å². The third-order valence-corrected chi connectivity index (χ3v) is 10.2. The van der Waals surface area contributed by atoms with E-state index in [2.05, 4.69) is 21.2 Å². The summed E-state index contributed by atoms with van der Waals surface area (Å²) in [7, 11) is -4.17. The zero-order valence-electron chi connectivity index (χ0n) is 24.1. The van der Waals surface area contributed by atoms with Crippen LogP contribution in [0.2, 0.25) is 5.02 Å². The van der Waals surface area contributed by atoms with Gasteiger partial charge >= 0.3 is 0 Å². The second-order valence-corrected chi connectivity index (χ2v) is 14.1. The maximum atomic E-state index is 14.2. The lowest BCUT2D eigenvalue weighted by Crippen LogP contribution is -2.53. The van der Waals surface area contributed by atoms with Crippen LogP contribution in [0.5, 0.6) is 0 Å². The predicted molar refractivity (Wildman–Crippen MR) is 171 cm³/mol. The van der Waals surface area contributed by atoms with Crippen LogP contribution < -0.4 is 9.62 Å². The number of aryl methyl sites for hydroxylation is 2. The van der Waals surface area contributed by atoms with E-state index in [1.165, 1.54) is 17.0 Å². The zero-order valence-corrected chi connectivity index (χ0v) is 27.3. The Morgan fingerprint density at radius 3 is 2.36 bits per heavy atom. The molecule has 1 fully saturated rings. The quantitative estimate of drug-likeness (QED) is 0.257. The first-order chi connectivity index (χ1) is 20.0. The van der Waals surface area contributed by atoms with E-state index >= 15 is 0 Å². The Bertz CT molecular complexity index is 1520. The summed E-state index contributed by atoms with van der Waals surface area (Å²) in [5.41, 5.74) is 2.66. The molecule has 1 aliphatic carbocycles. The van der Waals surface area contributed by atoms with Crippen molar-refractivity contribution in [2.45, 2.75) is 76.4 Å². The smallest absolute Gasteiger partial charge is 0.264 e. The van der Waals surface area contributed by atoms with Crippen LogP contribution in [0.1, 0.15) is 55.7 Å². The minimum Gasteiger partial charge on any atom is -0.352 e. The molecule has 0 unspecified atom stereocenters. The molecule has 1 aliphatic rings. The number of carbonyl (C=O) groups is 2. The average molecular weight is 675 g/mol. The molecule has 0 aliphatic heterocycles. The Balaban J connectivity index is 1.71. The summed E-state index contributed by atoms with van der Waals surface area (Å²) < 4.78 is 30.1. The van der Waals surface area contributed by atoms with Crippen LogP contribution in [-0.4, -0.2) is 43.8 Å². The van der Waals surface area contributed by atoms with Gasteiger partial charge in [0.05, 0.1) is 10.6 Å². The molecule has 4 rings (SSSR count). The summed E-state index contributed by atoms with van der Waals surface area (Å²) in [6.07, 6.45) is 5.10. The Hall–Kier alpha value is -2.88. The van der Waals surface area contributed by atoms with Gasteiger partial charge in [0, 0.05) is 22.1 Å². The third kappa shape index (κ3) is 7.94. The zero-order chi connectivity index (χ0) is 30.4. The Morgan fingerprint density at radius 1 is 1.00 bits per heavy atom. The summed E-state index contributed by atoms with van der Waals surface area (Å²) >= 11 is 9.79. The molecule has 0 bridgehead atoms. The molecule has 224 valence electrons. The highest BCUT2D eigenvalue weighted by Crippen LogP contribution is 2.30. The molecule has 7 nitrogen and oxygen atoms in total. The molecule has 1 N–H and O–H groups in total. The fourth-order valence-electron chi connectivity index (χ4n) is 5.19. The van der Waals surface area contributed by atoms with E-state index < -0.39 is 28.5 Å².